The standard InChI is InChI=1S/C26H28N4O3.CH2O2.CH4/c1-33-17-22(16-18-8-4-2-5-9-18)30-26(32)23(19-10-6-3-7-11-19)25(31)29-21-14-12-20(13-15-21)24(27)28;2-1-3;/h2-15,22-23H,16-17H2,1H3,(H3,27,28)(H,29,31)(H,30,32);1H,(H,2,3);1H4/t22-,23?;;/m0../s1. The van der Waals surface area contributed by atoms with Crippen LogP contribution in [0.4, 0.5) is 5.69 Å². The first kappa shape index (κ1) is 30.5. The molecular formula is C28H34N4O5. The normalized spacial score (nSPS) is 11.4. The highest BCUT2D eigenvalue weighted by Crippen LogP contribution is 2.20. The van der Waals surface area contributed by atoms with Gasteiger partial charge in [0.1, 0.15) is 11.8 Å². The molecule has 0 radical (unpaired) electrons. The molecule has 3 aromatic rings. The summed E-state index contributed by atoms with van der Waals surface area (Å²) < 4.78 is 5.31. The van der Waals surface area contributed by atoms with Crippen LogP contribution in [0.2, 0.25) is 0 Å². The number of amidine groups is 1. The summed E-state index contributed by atoms with van der Waals surface area (Å²) in [4.78, 5) is 34.9. The SMILES string of the molecule is C.COC[C@H](Cc1ccccc1)NC(=O)C(C(=O)Nc1ccc(C(=N)N)cc1)c1ccccc1.O=CO. The third-order valence-corrected chi connectivity index (χ3v) is 5.16. The van der Waals surface area contributed by atoms with E-state index in [0.717, 1.165) is 5.56 Å². The van der Waals surface area contributed by atoms with Crippen LogP contribution in [-0.2, 0) is 25.5 Å². The average Bonchev–Trinajstić information content (AvgIpc) is 2.86. The Bertz CT molecular complexity index is 1120. The van der Waals surface area contributed by atoms with Gasteiger partial charge in [-0.1, -0.05) is 68.1 Å². The van der Waals surface area contributed by atoms with Crippen LogP contribution < -0.4 is 16.4 Å². The molecule has 196 valence electrons. The summed E-state index contributed by atoms with van der Waals surface area (Å²) in [7, 11) is 1.58. The number of benzene rings is 3. The quantitative estimate of drug-likeness (QED) is 0.123. The number of amides is 2. The Labute approximate surface area is 217 Å². The molecule has 3 rings (SSSR count). The van der Waals surface area contributed by atoms with E-state index in [0.29, 0.717) is 29.8 Å². The molecule has 0 saturated carbocycles. The van der Waals surface area contributed by atoms with Crippen molar-refractivity contribution in [3.05, 3.63) is 102 Å². The topological polar surface area (TPSA) is 155 Å². The van der Waals surface area contributed by atoms with Gasteiger partial charge in [-0.3, -0.25) is 19.8 Å². The first-order valence-corrected chi connectivity index (χ1v) is 11.1. The fraction of sp³-hybridized carbons (Fsp3) is 0.214. The lowest BCUT2D eigenvalue weighted by atomic mass is 9.96. The number of anilines is 1. The lowest BCUT2D eigenvalue weighted by molar-refractivity contribution is -0.130. The summed E-state index contributed by atoms with van der Waals surface area (Å²) in [6.45, 7) is 0.0657. The van der Waals surface area contributed by atoms with Crippen molar-refractivity contribution < 1.29 is 24.2 Å². The van der Waals surface area contributed by atoms with E-state index < -0.39 is 17.7 Å². The number of methoxy groups -OCH3 is 1. The summed E-state index contributed by atoms with van der Waals surface area (Å²) in [5, 5.41) is 20.2. The van der Waals surface area contributed by atoms with Gasteiger partial charge in [0.2, 0.25) is 11.8 Å². The molecule has 0 spiro atoms. The van der Waals surface area contributed by atoms with Crippen LogP contribution in [0, 0.1) is 5.41 Å². The first-order valence-electron chi connectivity index (χ1n) is 11.1. The minimum atomic E-state index is -1.05. The Kier molecular flexibility index (Phi) is 13.4. The van der Waals surface area contributed by atoms with Crippen molar-refractivity contribution in [2.75, 3.05) is 19.0 Å². The number of nitrogens with one attached hydrogen (secondary N) is 3. The summed E-state index contributed by atoms with van der Waals surface area (Å²) in [6, 6.07) is 25.0. The molecule has 0 aliphatic rings. The van der Waals surface area contributed by atoms with Gasteiger partial charge in [0, 0.05) is 18.4 Å². The number of nitrogens with two attached hydrogens (primary N) is 1. The van der Waals surface area contributed by atoms with Crippen molar-refractivity contribution in [1.82, 2.24) is 5.32 Å². The molecule has 0 heterocycles. The highest BCUT2D eigenvalue weighted by Gasteiger charge is 2.30. The van der Waals surface area contributed by atoms with E-state index in [1.165, 1.54) is 0 Å². The van der Waals surface area contributed by atoms with Crippen LogP contribution in [-0.4, -0.2) is 49.0 Å². The van der Waals surface area contributed by atoms with Gasteiger partial charge in [0.25, 0.3) is 6.47 Å². The van der Waals surface area contributed by atoms with Crippen molar-refractivity contribution in [3.63, 3.8) is 0 Å². The van der Waals surface area contributed by atoms with E-state index in [9.17, 15) is 9.59 Å². The second-order valence-electron chi connectivity index (χ2n) is 7.78. The molecule has 37 heavy (non-hydrogen) atoms. The molecule has 0 bridgehead atoms. The van der Waals surface area contributed by atoms with Gasteiger partial charge >= 0.3 is 0 Å². The second kappa shape index (κ2) is 16.2. The minimum absolute atomic E-state index is 0. The van der Waals surface area contributed by atoms with Gasteiger partial charge < -0.3 is 26.2 Å². The number of ether oxygens (including phenoxy) is 1. The molecule has 1 unspecified atom stereocenters. The van der Waals surface area contributed by atoms with Crippen molar-refractivity contribution in [1.29, 1.82) is 5.41 Å². The van der Waals surface area contributed by atoms with Crippen LogP contribution in [0.1, 0.15) is 30.0 Å². The van der Waals surface area contributed by atoms with Gasteiger partial charge in [-0.15, -0.1) is 0 Å². The van der Waals surface area contributed by atoms with Gasteiger partial charge in [-0.05, 0) is 41.8 Å². The number of carbonyl (C=O) groups is 3. The van der Waals surface area contributed by atoms with Crippen LogP contribution in [0.15, 0.2) is 84.9 Å². The highest BCUT2D eigenvalue weighted by atomic mass is 16.5. The summed E-state index contributed by atoms with van der Waals surface area (Å²) in [5.74, 6) is -1.96. The highest BCUT2D eigenvalue weighted by molar-refractivity contribution is 6.11. The first-order chi connectivity index (χ1) is 17.4. The van der Waals surface area contributed by atoms with Crippen LogP contribution >= 0.6 is 0 Å². The maximum atomic E-state index is 13.3. The van der Waals surface area contributed by atoms with E-state index in [2.05, 4.69) is 10.6 Å². The summed E-state index contributed by atoms with van der Waals surface area (Å²) in [6.07, 6.45) is 0.579. The predicted molar refractivity (Wildman–Crippen MR) is 145 cm³/mol. The maximum Gasteiger partial charge on any atom is 0.290 e. The largest absolute Gasteiger partial charge is 0.483 e. The molecule has 0 saturated heterocycles. The molecule has 0 aliphatic carbocycles. The lowest BCUT2D eigenvalue weighted by Crippen LogP contribution is -2.44. The minimum Gasteiger partial charge on any atom is -0.483 e. The summed E-state index contributed by atoms with van der Waals surface area (Å²) in [5.41, 5.74) is 8.20. The lowest BCUT2D eigenvalue weighted by Gasteiger charge is -2.22. The van der Waals surface area contributed by atoms with Crippen molar-refractivity contribution in [3.8, 4) is 0 Å². The fourth-order valence-electron chi connectivity index (χ4n) is 3.55. The van der Waals surface area contributed by atoms with Crippen molar-refractivity contribution in [2.24, 2.45) is 5.73 Å². The smallest absolute Gasteiger partial charge is 0.290 e. The number of rotatable bonds is 10. The molecule has 0 aliphatic heterocycles. The zero-order valence-electron chi connectivity index (χ0n) is 19.9. The Morgan fingerprint density at radius 3 is 2.03 bits per heavy atom. The van der Waals surface area contributed by atoms with Crippen LogP contribution in [0.5, 0.6) is 0 Å². The van der Waals surface area contributed by atoms with Crippen molar-refractivity contribution in [2.45, 2.75) is 25.8 Å². The number of hydrogen-bond acceptors (Lipinski definition) is 5. The third kappa shape index (κ3) is 9.95. The Hall–Kier alpha value is -4.50. The van der Waals surface area contributed by atoms with E-state index in [4.69, 9.17) is 25.8 Å². The van der Waals surface area contributed by atoms with E-state index in [1.807, 2.05) is 36.4 Å². The average molecular weight is 507 g/mol. The van der Waals surface area contributed by atoms with E-state index in [1.54, 1.807) is 55.6 Å². The molecule has 2 atom stereocenters. The molecule has 2 amide bonds. The Morgan fingerprint density at radius 1 is 0.973 bits per heavy atom. The molecular weight excluding hydrogens is 472 g/mol. The zero-order valence-corrected chi connectivity index (χ0v) is 19.9. The monoisotopic (exact) mass is 506 g/mol. The molecule has 6 N–H and O–H groups in total. The number of nitrogen functional groups attached to an aromatic ring is 1. The second-order valence-corrected chi connectivity index (χ2v) is 7.78. The fourth-order valence-corrected chi connectivity index (χ4v) is 3.55. The Morgan fingerprint density at radius 2 is 1.51 bits per heavy atom. The molecule has 9 heteroatoms. The molecule has 9 nitrogen and oxygen atoms in total. The van der Waals surface area contributed by atoms with E-state index >= 15 is 0 Å². The number of hydrogen-bond donors (Lipinski definition) is 5. The maximum absolute atomic E-state index is 13.3. The van der Waals surface area contributed by atoms with Gasteiger partial charge in [-0.2, -0.15) is 0 Å². The van der Waals surface area contributed by atoms with Gasteiger partial charge in [0.05, 0.1) is 12.6 Å². The van der Waals surface area contributed by atoms with Crippen LogP contribution in [0.25, 0.3) is 0 Å². The Balaban J connectivity index is 0.00000163. The van der Waals surface area contributed by atoms with Crippen molar-refractivity contribution >= 4 is 29.8 Å². The van der Waals surface area contributed by atoms with Crippen LogP contribution in [0.3, 0.4) is 0 Å². The number of carboxylic acid groups (broad SMARTS) is 1. The third-order valence-electron chi connectivity index (χ3n) is 5.16. The summed E-state index contributed by atoms with van der Waals surface area (Å²) >= 11 is 0. The molecule has 0 aromatic heterocycles. The van der Waals surface area contributed by atoms with Gasteiger partial charge in [0.15, 0.2) is 0 Å². The number of carbonyl (C=O) groups excluding carboxylic acids is 2. The zero-order chi connectivity index (χ0) is 26.3. The van der Waals surface area contributed by atoms with Gasteiger partial charge in [-0.25, -0.2) is 0 Å². The molecule has 0 fully saturated rings. The van der Waals surface area contributed by atoms with E-state index in [-0.39, 0.29) is 25.8 Å². The molecule has 3 aromatic carbocycles. The predicted octanol–water partition coefficient (Wildman–Crippen LogP) is 3.40.